The van der Waals surface area contributed by atoms with Crippen LogP contribution in [0.15, 0.2) is 0 Å². The van der Waals surface area contributed by atoms with E-state index in [1.807, 2.05) is 7.05 Å². The molecule has 1 aliphatic carbocycles. The lowest BCUT2D eigenvalue weighted by Gasteiger charge is -2.41. The first kappa shape index (κ1) is 16.7. The molecule has 0 aromatic heterocycles. The molecule has 2 aliphatic heterocycles. The zero-order valence-electron chi connectivity index (χ0n) is 14.4. The molecule has 3 rings (SSSR count). The van der Waals surface area contributed by atoms with E-state index in [1.165, 1.54) is 12.8 Å². The molecule has 0 radical (unpaired) electrons. The Labute approximate surface area is 138 Å². The summed E-state index contributed by atoms with van der Waals surface area (Å²) in [6, 6.07) is 0.487. The molecule has 4 atom stereocenters. The second-order valence-corrected chi connectivity index (χ2v) is 7.63. The molecule has 0 aromatic carbocycles. The zero-order valence-corrected chi connectivity index (χ0v) is 14.4. The highest BCUT2D eigenvalue weighted by Crippen LogP contribution is 2.36. The topological polar surface area (TPSA) is 72.9 Å². The Morgan fingerprint density at radius 2 is 1.74 bits per heavy atom. The van der Waals surface area contributed by atoms with Crippen molar-refractivity contribution in [3.05, 3.63) is 0 Å². The first-order chi connectivity index (χ1) is 10.9. The van der Waals surface area contributed by atoms with Gasteiger partial charge in [0.15, 0.2) is 0 Å². The molecule has 0 spiro atoms. The van der Waals surface area contributed by atoms with E-state index in [4.69, 9.17) is 0 Å². The van der Waals surface area contributed by atoms with E-state index in [9.17, 15) is 14.7 Å². The Bertz CT molecular complexity index is 464. The lowest BCUT2D eigenvalue weighted by atomic mass is 9.96. The van der Waals surface area contributed by atoms with Gasteiger partial charge in [-0.3, -0.25) is 9.59 Å². The lowest BCUT2D eigenvalue weighted by molar-refractivity contribution is -0.141. The predicted molar refractivity (Wildman–Crippen MR) is 86.7 cm³/mol. The summed E-state index contributed by atoms with van der Waals surface area (Å²) in [4.78, 5) is 29.0. The number of aliphatic hydroxyl groups excluding tert-OH is 1. The van der Waals surface area contributed by atoms with Crippen LogP contribution in [0.5, 0.6) is 0 Å². The maximum Gasteiger partial charge on any atom is 0.247 e. The van der Waals surface area contributed by atoms with Gasteiger partial charge in [0.25, 0.3) is 0 Å². The van der Waals surface area contributed by atoms with Gasteiger partial charge in [-0.2, -0.15) is 0 Å². The van der Waals surface area contributed by atoms with Crippen molar-refractivity contribution in [2.45, 2.75) is 75.7 Å². The summed E-state index contributed by atoms with van der Waals surface area (Å²) in [7, 11) is 3.99. The third kappa shape index (κ3) is 3.38. The highest BCUT2D eigenvalue weighted by molar-refractivity contribution is 5.89. The van der Waals surface area contributed by atoms with Gasteiger partial charge in [-0.1, -0.05) is 0 Å². The number of hydrogen-bond donors (Lipinski definition) is 2. The maximum absolute atomic E-state index is 12.8. The third-order valence-electron chi connectivity index (χ3n) is 5.96. The molecule has 2 N–H and O–H groups in total. The van der Waals surface area contributed by atoms with Crippen LogP contribution in [0.4, 0.5) is 0 Å². The van der Waals surface area contributed by atoms with Gasteiger partial charge in [-0.25, -0.2) is 0 Å². The van der Waals surface area contributed by atoms with Crippen molar-refractivity contribution in [2.24, 2.45) is 5.92 Å². The van der Waals surface area contributed by atoms with Crippen LogP contribution in [0.25, 0.3) is 0 Å². The monoisotopic (exact) mass is 323 g/mol. The van der Waals surface area contributed by atoms with Gasteiger partial charge in [-0.15, -0.1) is 0 Å². The van der Waals surface area contributed by atoms with E-state index in [-0.39, 0.29) is 23.8 Å². The molecule has 2 heterocycles. The number of fused-ring (bicyclic) bond motifs is 2. The fourth-order valence-corrected chi connectivity index (χ4v) is 4.10. The quantitative estimate of drug-likeness (QED) is 0.765. The smallest absolute Gasteiger partial charge is 0.247 e. The molecule has 2 bridgehead atoms. The van der Waals surface area contributed by atoms with Crippen molar-refractivity contribution in [3.8, 4) is 0 Å². The first-order valence-corrected chi connectivity index (χ1v) is 8.85. The van der Waals surface area contributed by atoms with Gasteiger partial charge in [0.05, 0.1) is 6.10 Å². The standard InChI is InChI=1S/C17H29N3O3/c1-10(21)15(18-16(22)11-4-5-11)17(23)20(3)14-8-12-6-7-13(9-14)19(12)2/h10-15,21H,4-9H2,1-3H3,(H,18,22). The summed E-state index contributed by atoms with van der Waals surface area (Å²) >= 11 is 0. The second kappa shape index (κ2) is 6.40. The average Bonchev–Trinajstić information content (AvgIpc) is 3.32. The van der Waals surface area contributed by atoms with Gasteiger partial charge in [-0.05, 0) is 52.5 Å². The van der Waals surface area contributed by atoms with Crippen molar-refractivity contribution >= 4 is 11.8 Å². The van der Waals surface area contributed by atoms with Crippen LogP contribution in [0.3, 0.4) is 0 Å². The van der Waals surface area contributed by atoms with Crippen molar-refractivity contribution in [1.82, 2.24) is 15.1 Å². The summed E-state index contributed by atoms with van der Waals surface area (Å²) in [5.41, 5.74) is 0. The van der Waals surface area contributed by atoms with Crippen molar-refractivity contribution in [2.75, 3.05) is 14.1 Å². The van der Waals surface area contributed by atoms with Crippen LogP contribution < -0.4 is 5.32 Å². The summed E-state index contributed by atoms with van der Waals surface area (Å²) < 4.78 is 0. The van der Waals surface area contributed by atoms with Crippen LogP contribution in [0, 0.1) is 5.92 Å². The number of carbonyl (C=O) groups excluding carboxylic acids is 2. The molecule has 6 heteroatoms. The molecule has 6 nitrogen and oxygen atoms in total. The van der Waals surface area contributed by atoms with E-state index in [0.29, 0.717) is 12.1 Å². The van der Waals surface area contributed by atoms with Crippen molar-refractivity contribution in [3.63, 3.8) is 0 Å². The number of rotatable bonds is 5. The molecular weight excluding hydrogens is 294 g/mol. The summed E-state index contributed by atoms with van der Waals surface area (Å²) in [5.74, 6) is -0.224. The van der Waals surface area contributed by atoms with Crippen LogP contribution in [-0.4, -0.2) is 71.1 Å². The van der Waals surface area contributed by atoms with Crippen molar-refractivity contribution in [1.29, 1.82) is 0 Å². The van der Waals surface area contributed by atoms with Crippen LogP contribution in [0.1, 0.15) is 45.4 Å². The van der Waals surface area contributed by atoms with Crippen LogP contribution in [-0.2, 0) is 9.59 Å². The number of carbonyl (C=O) groups is 2. The molecule has 3 fully saturated rings. The van der Waals surface area contributed by atoms with E-state index in [0.717, 1.165) is 25.7 Å². The number of nitrogens with one attached hydrogen (secondary N) is 1. The zero-order chi connectivity index (χ0) is 16.7. The molecule has 130 valence electrons. The molecule has 2 saturated heterocycles. The molecular formula is C17H29N3O3. The lowest BCUT2D eigenvalue weighted by Crippen LogP contribution is -2.57. The number of amides is 2. The molecule has 3 aliphatic rings. The average molecular weight is 323 g/mol. The minimum Gasteiger partial charge on any atom is -0.391 e. The van der Waals surface area contributed by atoms with Gasteiger partial charge in [0, 0.05) is 31.1 Å². The highest BCUT2D eigenvalue weighted by Gasteiger charge is 2.42. The molecule has 4 unspecified atom stereocenters. The third-order valence-corrected chi connectivity index (χ3v) is 5.96. The van der Waals surface area contributed by atoms with E-state index >= 15 is 0 Å². The number of piperidine rings is 1. The Hall–Kier alpha value is -1.14. The minimum atomic E-state index is -0.879. The predicted octanol–water partition coefficient (Wildman–Crippen LogP) is 0.346. The molecule has 0 aromatic rings. The normalized spacial score (nSPS) is 33.1. The van der Waals surface area contributed by atoms with Crippen LogP contribution in [0.2, 0.25) is 0 Å². The van der Waals surface area contributed by atoms with Gasteiger partial charge in [0.1, 0.15) is 6.04 Å². The number of hydrogen-bond acceptors (Lipinski definition) is 4. The molecule has 1 saturated carbocycles. The summed E-state index contributed by atoms with van der Waals surface area (Å²) in [5, 5.41) is 12.7. The Morgan fingerprint density at radius 3 is 2.22 bits per heavy atom. The Balaban J connectivity index is 1.63. The van der Waals surface area contributed by atoms with E-state index in [1.54, 1.807) is 11.8 Å². The minimum absolute atomic E-state index is 0.0357. The highest BCUT2D eigenvalue weighted by atomic mass is 16.3. The van der Waals surface area contributed by atoms with Crippen molar-refractivity contribution < 1.29 is 14.7 Å². The van der Waals surface area contributed by atoms with Gasteiger partial charge >= 0.3 is 0 Å². The number of nitrogens with zero attached hydrogens (tertiary/aromatic N) is 2. The van der Waals surface area contributed by atoms with Crippen LogP contribution >= 0.6 is 0 Å². The Kier molecular flexibility index (Phi) is 4.65. The second-order valence-electron chi connectivity index (χ2n) is 7.63. The summed E-state index contributed by atoms with van der Waals surface area (Å²) in [6.07, 6.45) is 5.28. The number of aliphatic hydroxyl groups is 1. The first-order valence-electron chi connectivity index (χ1n) is 8.85. The molecule has 2 amide bonds. The van der Waals surface area contributed by atoms with Gasteiger partial charge in [0.2, 0.25) is 11.8 Å². The Morgan fingerprint density at radius 1 is 1.17 bits per heavy atom. The fraction of sp³-hybridized carbons (Fsp3) is 0.882. The largest absolute Gasteiger partial charge is 0.391 e. The fourth-order valence-electron chi connectivity index (χ4n) is 4.10. The van der Waals surface area contributed by atoms with Gasteiger partial charge < -0.3 is 20.2 Å². The maximum atomic E-state index is 12.8. The number of likely N-dealkylation sites (N-methyl/N-ethyl adjacent to an activating group) is 1. The summed E-state index contributed by atoms with van der Waals surface area (Å²) in [6.45, 7) is 1.57. The molecule has 23 heavy (non-hydrogen) atoms. The SMILES string of the molecule is CC(O)C(NC(=O)C1CC1)C(=O)N(C)C1CC2CCC(C1)N2C. The van der Waals surface area contributed by atoms with E-state index < -0.39 is 12.1 Å². The van der Waals surface area contributed by atoms with E-state index in [2.05, 4.69) is 17.3 Å².